The van der Waals surface area contributed by atoms with Gasteiger partial charge in [0.2, 0.25) is 5.91 Å². The molecule has 1 aliphatic heterocycles. The number of nitrogens with one attached hydrogen (secondary N) is 2. The quantitative estimate of drug-likeness (QED) is 0.659. The molecule has 3 rings (SSSR count). The normalized spacial score (nSPS) is 13.5. The van der Waals surface area contributed by atoms with E-state index in [0.717, 1.165) is 16.7 Å². The number of hydrogen-bond donors (Lipinski definition) is 2. The Morgan fingerprint density at radius 3 is 2.70 bits per heavy atom. The van der Waals surface area contributed by atoms with Gasteiger partial charge >= 0.3 is 6.03 Å². The van der Waals surface area contributed by atoms with Crippen LogP contribution in [0.5, 0.6) is 0 Å². The Balaban J connectivity index is 1.47. The van der Waals surface area contributed by atoms with E-state index in [0.29, 0.717) is 18.1 Å². The molecule has 1 aliphatic rings. The molecule has 30 heavy (non-hydrogen) atoms. The fourth-order valence-corrected chi connectivity index (χ4v) is 3.34. The number of amides is 3. The first-order chi connectivity index (χ1) is 14.5. The van der Waals surface area contributed by atoms with Crippen LogP contribution in [-0.4, -0.2) is 34.5 Å². The summed E-state index contributed by atoms with van der Waals surface area (Å²) in [6, 6.07) is 14.6. The van der Waals surface area contributed by atoms with Gasteiger partial charge < -0.3 is 0 Å². The average Bonchev–Trinajstić information content (AvgIpc) is 2.74. The highest BCUT2D eigenvalue weighted by atomic mass is 35.5. The van der Waals surface area contributed by atoms with Crippen LogP contribution in [0.1, 0.15) is 30.5 Å². The lowest BCUT2D eigenvalue weighted by atomic mass is 10.0. The number of hydroxylamine groups is 1. The Morgan fingerprint density at radius 1 is 1.20 bits per heavy atom. The second-order valence-electron chi connectivity index (χ2n) is 7.03. The lowest BCUT2D eigenvalue weighted by Gasteiger charge is -2.29. The first kappa shape index (κ1) is 21.8. The molecule has 1 atom stereocenters. The van der Waals surface area contributed by atoms with Crippen molar-refractivity contribution in [3.05, 3.63) is 76.4 Å². The number of hydrazine groups is 1. The molecule has 0 saturated carbocycles. The maximum atomic E-state index is 12.4. The molecule has 0 bridgehead atoms. The van der Waals surface area contributed by atoms with Gasteiger partial charge in [-0.2, -0.15) is 0 Å². The Morgan fingerprint density at radius 2 is 1.93 bits per heavy atom. The molecule has 0 radical (unpaired) electrons. The van der Waals surface area contributed by atoms with Gasteiger partial charge in [-0.25, -0.2) is 15.7 Å². The number of fused-ring (bicyclic) bond motifs is 1. The van der Waals surface area contributed by atoms with Crippen LogP contribution in [0, 0.1) is 0 Å². The van der Waals surface area contributed by atoms with E-state index >= 15 is 0 Å². The molecule has 0 spiro atoms. The number of urea groups is 1. The standard InChI is InChI=1S/C22H25ClN4O3/c1-16(27(17(2)28)24-13-19-8-5-6-10-21(19)23)15-30-25-22(29)26-12-11-18-7-3-4-9-20(18)14-26/h3-12,16,24H,13-15H2,1-2H3,(H,25,29)/t16-/m0/s1. The molecule has 0 unspecified atom stereocenters. The van der Waals surface area contributed by atoms with E-state index in [9.17, 15) is 9.59 Å². The molecule has 2 aromatic rings. The lowest BCUT2D eigenvalue weighted by Crippen LogP contribution is -2.50. The summed E-state index contributed by atoms with van der Waals surface area (Å²) < 4.78 is 0. The molecule has 0 aliphatic carbocycles. The summed E-state index contributed by atoms with van der Waals surface area (Å²) in [7, 11) is 0. The second-order valence-corrected chi connectivity index (χ2v) is 7.43. The van der Waals surface area contributed by atoms with Crippen molar-refractivity contribution in [2.24, 2.45) is 0 Å². The van der Waals surface area contributed by atoms with Crippen LogP contribution in [0.25, 0.3) is 6.08 Å². The highest BCUT2D eigenvalue weighted by molar-refractivity contribution is 6.31. The Hall–Kier alpha value is -2.87. The minimum absolute atomic E-state index is 0.120. The second kappa shape index (κ2) is 10.2. The minimum Gasteiger partial charge on any atom is -0.295 e. The van der Waals surface area contributed by atoms with Gasteiger partial charge in [-0.1, -0.05) is 54.1 Å². The summed E-state index contributed by atoms with van der Waals surface area (Å²) in [4.78, 5) is 31.3. The van der Waals surface area contributed by atoms with Crippen LogP contribution in [-0.2, 0) is 22.7 Å². The highest BCUT2D eigenvalue weighted by Gasteiger charge is 2.20. The monoisotopic (exact) mass is 428 g/mol. The number of benzene rings is 2. The van der Waals surface area contributed by atoms with E-state index in [4.69, 9.17) is 16.4 Å². The first-order valence-corrected chi connectivity index (χ1v) is 10.0. The van der Waals surface area contributed by atoms with Crippen LogP contribution < -0.4 is 10.9 Å². The van der Waals surface area contributed by atoms with Gasteiger partial charge in [-0.3, -0.25) is 19.5 Å². The van der Waals surface area contributed by atoms with Crippen LogP contribution in [0.2, 0.25) is 5.02 Å². The topological polar surface area (TPSA) is 73.9 Å². The minimum atomic E-state index is -0.369. The predicted octanol–water partition coefficient (Wildman–Crippen LogP) is 3.71. The summed E-state index contributed by atoms with van der Waals surface area (Å²) >= 11 is 6.16. The van der Waals surface area contributed by atoms with Gasteiger partial charge in [0.25, 0.3) is 0 Å². The van der Waals surface area contributed by atoms with Crippen LogP contribution >= 0.6 is 11.6 Å². The Labute approximate surface area is 181 Å². The van der Waals surface area contributed by atoms with E-state index in [1.54, 1.807) is 12.3 Å². The van der Waals surface area contributed by atoms with Crippen molar-refractivity contribution in [1.82, 2.24) is 20.8 Å². The van der Waals surface area contributed by atoms with E-state index in [1.165, 1.54) is 16.8 Å². The molecule has 1 heterocycles. The van der Waals surface area contributed by atoms with Crippen LogP contribution in [0.15, 0.2) is 54.7 Å². The number of hydrogen-bond acceptors (Lipinski definition) is 4. The van der Waals surface area contributed by atoms with Crippen molar-refractivity contribution in [3.8, 4) is 0 Å². The van der Waals surface area contributed by atoms with Gasteiger partial charge in [-0.05, 0) is 35.8 Å². The molecule has 3 amide bonds. The summed E-state index contributed by atoms with van der Waals surface area (Å²) in [6.45, 7) is 4.27. The SMILES string of the molecule is CC(=O)N(NCc1ccccc1Cl)[C@@H](C)CONC(=O)N1C=Cc2ccccc2C1. The largest absolute Gasteiger partial charge is 0.345 e. The van der Waals surface area contributed by atoms with E-state index in [2.05, 4.69) is 10.9 Å². The number of rotatable bonds is 7. The van der Waals surface area contributed by atoms with Crippen molar-refractivity contribution in [2.75, 3.05) is 6.61 Å². The summed E-state index contributed by atoms with van der Waals surface area (Å²) in [5.74, 6) is -0.167. The highest BCUT2D eigenvalue weighted by Crippen LogP contribution is 2.19. The summed E-state index contributed by atoms with van der Waals surface area (Å²) in [5.41, 5.74) is 8.55. The fraction of sp³-hybridized carbons (Fsp3) is 0.273. The summed E-state index contributed by atoms with van der Waals surface area (Å²) in [5, 5.41) is 2.09. The van der Waals surface area contributed by atoms with E-state index in [-0.39, 0.29) is 24.6 Å². The molecule has 7 nitrogen and oxygen atoms in total. The predicted molar refractivity (Wildman–Crippen MR) is 116 cm³/mol. The zero-order chi connectivity index (χ0) is 21.5. The number of halogens is 1. The maximum absolute atomic E-state index is 12.4. The zero-order valence-electron chi connectivity index (χ0n) is 17.0. The van der Waals surface area contributed by atoms with Gasteiger partial charge in [0, 0.05) is 24.7 Å². The van der Waals surface area contributed by atoms with Gasteiger partial charge in [0.15, 0.2) is 0 Å². The zero-order valence-corrected chi connectivity index (χ0v) is 17.7. The van der Waals surface area contributed by atoms with E-state index in [1.807, 2.05) is 55.5 Å². The fourth-order valence-electron chi connectivity index (χ4n) is 3.13. The molecule has 2 aromatic carbocycles. The Kier molecular flexibility index (Phi) is 7.46. The third-order valence-electron chi connectivity index (χ3n) is 4.75. The van der Waals surface area contributed by atoms with Crippen molar-refractivity contribution in [1.29, 1.82) is 0 Å². The van der Waals surface area contributed by atoms with Crippen molar-refractivity contribution in [2.45, 2.75) is 33.0 Å². The molecule has 158 valence electrons. The molecule has 0 fully saturated rings. The van der Waals surface area contributed by atoms with Gasteiger partial charge in [-0.15, -0.1) is 0 Å². The lowest BCUT2D eigenvalue weighted by molar-refractivity contribution is -0.137. The molecule has 2 N–H and O–H groups in total. The number of carbonyl (C=O) groups is 2. The third kappa shape index (κ3) is 5.60. The smallest absolute Gasteiger partial charge is 0.295 e. The van der Waals surface area contributed by atoms with Crippen LogP contribution in [0.4, 0.5) is 4.79 Å². The van der Waals surface area contributed by atoms with Crippen molar-refractivity contribution >= 4 is 29.6 Å². The summed E-state index contributed by atoms with van der Waals surface area (Å²) in [6.07, 6.45) is 3.61. The molecule has 0 saturated heterocycles. The number of carbonyl (C=O) groups excluding carboxylic acids is 2. The van der Waals surface area contributed by atoms with Crippen molar-refractivity contribution < 1.29 is 14.4 Å². The van der Waals surface area contributed by atoms with E-state index < -0.39 is 0 Å². The first-order valence-electron chi connectivity index (χ1n) is 9.67. The molecular formula is C22H25ClN4O3. The van der Waals surface area contributed by atoms with Crippen LogP contribution in [0.3, 0.4) is 0 Å². The molecule has 8 heteroatoms. The maximum Gasteiger partial charge on any atom is 0.345 e. The molecule has 0 aromatic heterocycles. The van der Waals surface area contributed by atoms with Crippen molar-refractivity contribution in [3.63, 3.8) is 0 Å². The van der Waals surface area contributed by atoms with Gasteiger partial charge in [0.05, 0.1) is 19.2 Å². The average molecular weight is 429 g/mol. The van der Waals surface area contributed by atoms with Gasteiger partial charge in [0.1, 0.15) is 0 Å². The number of nitrogens with zero attached hydrogens (tertiary/aromatic N) is 2. The Bertz CT molecular complexity index is 934. The third-order valence-corrected chi connectivity index (χ3v) is 5.12. The molecular weight excluding hydrogens is 404 g/mol.